The molecule has 7 rings (SSSR count). The fourth-order valence-electron chi connectivity index (χ4n) is 6.42. The molecule has 0 saturated carbocycles. The predicted molar refractivity (Wildman–Crippen MR) is 199 cm³/mol. The molecule has 0 radical (unpaired) electrons. The van der Waals surface area contributed by atoms with Crippen LogP contribution in [0.15, 0.2) is 176 Å². The highest BCUT2D eigenvalue weighted by molar-refractivity contribution is 7.82. The van der Waals surface area contributed by atoms with Crippen molar-refractivity contribution in [3.05, 3.63) is 198 Å². The molecule has 0 atom stereocenters. The molecule has 2 nitrogen and oxygen atoms in total. The van der Waals surface area contributed by atoms with Crippen LogP contribution in [-0.4, -0.2) is 18.9 Å². The quantitative estimate of drug-likeness (QED) is 0.132. The lowest BCUT2D eigenvalue weighted by Crippen LogP contribution is -2.52. The summed E-state index contributed by atoms with van der Waals surface area (Å²) >= 11 is 6.73. The van der Waals surface area contributed by atoms with Crippen molar-refractivity contribution in [3.63, 3.8) is 0 Å². The number of nitrogens with zero attached hydrogens (tertiary/aromatic N) is 1. The molecular formula is C42H32BNOS. The first-order valence-corrected chi connectivity index (χ1v) is 15.9. The number of benzene rings is 6. The van der Waals surface area contributed by atoms with Gasteiger partial charge >= 0.3 is 6.85 Å². The number of anilines is 1. The van der Waals surface area contributed by atoms with Crippen LogP contribution in [0.4, 0.5) is 5.69 Å². The van der Waals surface area contributed by atoms with Gasteiger partial charge in [0.1, 0.15) is 10.7 Å². The monoisotopic (exact) mass is 609 g/mol. The highest BCUT2D eigenvalue weighted by Gasteiger charge is 2.41. The van der Waals surface area contributed by atoms with Crippen LogP contribution < -0.4 is 15.0 Å². The molecule has 1 aliphatic rings. The summed E-state index contributed by atoms with van der Waals surface area (Å²) in [6, 6.07) is 61.8. The van der Waals surface area contributed by atoms with E-state index in [1.165, 1.54) is 5.47 Å². The minimum Gasteiger partial charge on any atom is -0.497 e. The number of methoxy groups -OCH3 is 1. The average molecular weight is 610 g/mol. The van der Waals surface area contributed by atoms with Crippen LogP contribution in [0.3, 0.4) is 0 Å². The normalized spacial score (nSPS) is 13.5. The first kappa shape index (κ1) is 29.3. The van der Waals surface area contributed by atoms with Crippen LogP contribution >= 0.6 is 12.2 Å². The molecule has 1 aliphatic heterocycles. The van der Waals surface area contributed by atoms with Gasteiger partial charge in [0.15, 0.2) is 0 Å². The van der Waals surface area contributed by atoms with Crippen molar-refractivity contribution in [3.8, 4) is 5.75 Å². The maximum absolute atomic E-state index is 6.73. The summed E-state index contributed by atoms with van der Waals surface area (Å²) in [5.41, 5.74) is 11.1. The fourth-order valence-corrected chi connectivity index (χ4v) is 6.85. The summed E-state index contributed by atoms with van der Waals surface area (Å²) in [4.78, 5) is 3.09. The Bertz CT molecular complexity index is 2010. The van der Waals surface area contributed by atoms with Gasteiger partial charge in [-0.2, -0.15) is 0 Å². The van der Waals surface area contributed by atoms with E-state index < -0.39 is 0 Å². The van der Waals surface area contributed by atoms with Crippen molar-refractivity contribution < 1.29 is 4.74 Å². The van der Waals surface area contributed by atoms with Crippen LogP contribution in [0.1, 0.15) is 22.3 Å². The Morgan fingerprint density at radius 1 is 0.457 bits per heavy atom. The Hall–Kier alpha value is -5.45. The van der Waals surface area contributed by atoms with E-state index in [2.05, 4.69) is 169 Å². The second-order valence-corrected chi connectivity index (χ2v) is 11.6. The zero-order chi connectivity index (χ0) is 31.3. The van der Waals surface area contributed by atoms with Crippen molar-refractivity contribution in [1.82, 2.24) is 0 Å². The molecule has 0 N–H and O–H groups in total. The Balaban J connectivity index is 1.71. The van der Waals surface area contributed by atoms with Gasteiger partial charge in [0.2, 0.25) is 0 Å². The molecule has 0 amide bonds. The molecule has 0 spiro atoms. The Labute approximate surface area is 277 Å². The molecular weight excluding hydrogens is 577 g/mol. The van der Waals surface area contributed by atoms with Gasteiger partial charge in [-0.3, -0.25) is 0 Å². The summed E-state index contributed by atoms with van der Waals surface area (Å²) in [5.74, 6) is 0.799. The molecule has 4 heteroatoms. The lowest BCUT2D eigenvalue weighted by molar-refractivity contribution is 0.415. The first-order valence-electron chi connectivity index (χ1n) is 15.5. The molecule has 0 saturated heterocycles. The molecule has 0 bridgehead atoms. The standard InChI is InChI=1S/C42H32BNOS/c1-45-37-29-27-36(28-30-37)44-42(46)40(33-21-11-4-12-22-33)38(31-17-7-2-8-18-31)39(32-19-9-3-10-20-32)41(34-23-13-5-14-24-34)43(44)35-25-15-6-16-26-35/h2-30H,1H3. The summed E-state index contributed by atoms with van der Waals surface area (Å²) in [6.45, 7) is -0.250. The van der Waals surface area contributed by atoms with Crippen LogP contribution in [0.25, 0.3) is 22.2 Å². The number of hydrogen-bond acceptors (Lipinski definition) is 2. The minimum atomic E-state index is -0.250. The predicted octanol–water partition coefficient (Wildman–Crippen LogP) is 9.50. The van der Waals surface area contributed by atoms with Gasteiger partial charge < -0.3 is 9.55 Å². The Morgan fingerprint density at radius 3 is 1.35 bits per heavy atom. The van der Waals surface area contributed by atoms with Crippen LogP contribution in [0, 0.1) is 0 Å². The largest absolute Gasteiger partial charge is 0.497 e. The van der Waals surface area contributed by atoms with E-state index in [4.69, 9.17) is 17.0 Å². The molecule has 0 unspecified atom stereocenters. The van der Waals surface area contributed by atoms with E-state index in [0.29, 0.717) is 0 Å². The Kier molecular flexibility index (Phi) is 8.45. The summed E-state index contributed by atoms with van der Waals surface area (Å²) in [5, 5.41) is 0. The highest BCUT2D eigenvalue weighted by atomic mass is 32.1. The van der Waals surface area contributed by atoms with E-state index in [9.17, 15) is 0 Å². The van der Waals surface area contributed by atoms with E-state index in [0.717, 1.165) is 60.9 Å². The lowest BCUT2D eigenvalue weighted by atomic mass is 9.45. The van der Waals surface area contributed by atoms with E-state index >= 15 is 0 Å². The SMILES string of the molecule is COc1ccc(N2B(c3ccccc3)C(c3ccccc3)=C(c3ccccc3)C(c3ccccc3)=C(c3ccccc3)C2=S)cc1. The lowest BCUT2D eigenvalue weighted by Gasteiger charge is -2.34. The first-order chi connectivity index (χ1) is 22.7. The molecule has 6 aromatic rings. The number of rotatable bonds is 7. The molecule has 0 aromatic heterocycles. The third-order valence-corrected chi connectivity index (χ3v) is 8.87. The summed E-state index contributed by atoms with van der Waals surface area (Å²) in [7, 11) is 1.70. The summed E-state index contributed by atoms with van der Waals surface area (Å²) < 4.78 is 5.58. The second-order valence-electron chi connectivity index (χ2n) is 11.2. The van der Waals surface area contributed by atoms with Gasteiger partial charge in [0.05, 0.1) is 7.11 Å². The molecule has 46 heavy (non-hydrogen) atoms. The maximum Gasteiger partial charge on any atom is 0.330 e. The third-order valence-electron chi connectivity index (χ3n) is 8.47. The molecule has 6 aromatic carbocycles. The Morgan fingerprint density at radius 2 is 0.870 bits per heavy atom. The van der Waals surface area contributed by atoms with Crippen LogP contribution in [0.2, 0.25) is 0 Å². The zero-order valence-electron chi connectivity index (χ0n) is 25.6. The fraction of sp³-hybridized carbons (Fsp3) is 0.0238. The zero-order valence-corrected chi connectivity index (χ0v) is 26.4. The third kappa shape index (κ3) is 5.60. The van der Waals surface area contributed by atoms with E-state index in [-0.39, 0.29) is 6.85 Å². The average Bonchev–Trinajstić information content (AvgIpc) is 3.26. The topological polar surface area (TPSA) is 12.5 Å². The van der Waals surface area contributed by atoms with Gasteiger partial charge in [-0.15, -0.1) is 0 Å². The molecule has 220 valence electrons. The number of ether oxygens (including phenoxy) is 1. The van der Waals surface area contributed by atoms with E-state index in [1.54, 1.807) is 7.11 Å². The molecule has 0 aliphatic carbocycles. The number of hydrogen-bond donors (Lipinski definition) is 0. The van der Waals surface area contributed by atoms with Gasteiger partial charge in [-0.05, 0) is 63.1 Å². The van der Waals surface area contributed by atoms with Crippen molar-refractivity contribution in [1.29, 1.82) is 0 Å². The minimum absolute atomic E-state index is 0.250. The smallest absolute Gasteiger partial charge is 0.330 e. The van der Waals surface area contributed by atoms with Gasteiger partial charge in [-0.25, -0.2) is 0 Å². The van der Waals surface area contributed by atoms with E-state index in [1.807, 2.05) is 12.1 Å². The molecule has 1 heterocycles. The van der Waals surface area contributed by atoms with Gasteiger partial charge in [0.25, 0.3) is 0 Å². The highest BCUT2D eigenvalue weighted by Crippen LogP contribution is 2.47. The van der Waals surface area contributed by atoms with Crippen molar-refractivity contribution >= 4 is 57.4 Å². The van der Waals surface area contributed by atoms with Crippen molar-refractivity contribution in [2.75, 3.05) is 11.9 Å². The van der Waals surface area contributed by atoms with Gasteiger partial charge in [-0.1, -0.05) is 169 Å². The maximum atomic E-state index is 6.73. The van der Waals surface area contributed by atoms with Crippen LogP contribution in [0.5, 0.6) is 5.75 Å². The summed E-state index contributed by atoms with van der Waals surface area (Å²) in [6.07, 6.45) is 0. The van der Waals surface area contributed by atoms with Crippen molar-refractivity contribution in [2.24, 2.45) is 0 Å². The molecule has 0 fully saturated rings. The second kappa shape index (κ2) is 13.3. The number of allylic oxidation sites excluding steroid dienone is 2. The number of thiocarbonyl (C=S) groups is 1. The van der Waals surface area contributed by atoms with Crippen molar-refractivity contribution in [2.45, 2.75) is 0 Å². The van der Waals surface area contributed by atoms with Crippen LogP contribution in [-0.2, 0) is 0 Å². The van der Waals surface area contributed by atoms with Gasteiger partial charge in [0, 0.05) is 11.3 Å².